The van der Waals surface area contributed by atoms with E-state index in [2.05, 4.69) is 33.4 Å². The highest BCUT2D eigenvalue weighted by atomic mass is 79.9. The molecule has 1 aliphatic heterocycles. The Labute approximate surface area is 104 Å². The Morgan fingerprint density at radius 2 is 2.31 bits per heavy atom. The predicted molar refractivity (Wildman–Crippen MR) is 68.7 cm³/mol. The van der Waals surface area contributed by atoms with Crippen LogP contribution in [0.3, 0.4) is 0 Å². The number of hydrogen-bond donors (Lipinski definition) is 2. The van der Waals surface area contributed by atoms with Crippen LogP contribution in [0.5, 0.6) is 5.75 Å². The van der Waals surface area contributed by atoms with Crippen molar-refractivity contribution in [2.24, 2.45) is 5.73 Å². The van der Waals surface area contributed by atoms with E-state index in [1.165, 1.54) is 11.1 Å². The zero-order valence-corrected chi connectivity index (χ0v) is 10.8. The summed E-state index contributed by atoms with van der Waals surface area (Å²) >= 11 is 3.54. The normalized spacial score (nSPS) is 13.6. The minimum atomic E-state index is 0.736. The molecule has 3 N–H and O–H groups in total. The van der Waals surface area contributed by atoms with Crippen molar-refractivity contribution in [3.05, 3.63) is 27.7 Å². The third kappa shape index (κ3) is 2.75. The minimum absolute atomic E-state index is 0.736. The van der Waals surface area contributed by atoms with E-state index in [0.29, 0.717) is 0 Å². The van der Waals surface area contributed by atoms with Gasteiger partial charge in [0.25, 0.3) is 0 Å². The molecule has 0 unspecified atom stereocenters. The Hall–Kier alpha value is -0.580. The second-order valence-corrected chi connectivity index (χ2v) is 4.89. The Morgan fingerprint density at radius 1 is 1.44 bits per heavy atom. The molecule has 4 heteroatoms. The molecule has 1 aromatic carbocycles. The monoisotopic (exact) mass is 284 g/mol. The topological polar surface area (TPSA) is 47.3 Å². The molecule has 0 atom stereocenters. The maximum absolute atomic E-state index is 5.66. The van der Waals surface area contributed by atoms with Gasteiger partial charge in [0.2, 0.25) is 0 Å². The quantitative estimate of drug-likeness (QED) is 0.811. The minimum Gasteiger partial charge on any atom is -0.493 e. The third-order valence-corrected chi connectivity index (χ3v) is 3.16. The van der Waals surface area contributed by atoms with Crippen LogP contribution in [0.15, 0.2) is 16.6 Å². The van der Waals surface area contributed by atoms with Crippen molar-refractivity contribution >= 4 is 15.9 Å². The number of nitrogens with one attached hydrogen (secondary N) is 1. The smallest absolute Gasteiger partial charge is 0.127 e. The van der Waals surface area contributed by atoms with Crippen molar-refractivity contribution in [3.8, 4) is 5.75 Å². The van der Waals surface area contributed by atoms with Crippen LogP contribution in [0.2, 0.25) is 0 Å². The molecule has 0 spiro atoms. The van der Waals surface area contributed by atoms with E-state index in [0.717, 1.165) is 49.3 Å². The van der Waals surface area contributed by atoms with E-state index in [1.54, 1.807) is 0 Å². The average Bonchev–Trinajstić information content (AvgIpc) is 2.72. The van der Waals surface area contributed by atoms with Gasteiger partial charge in [-0.05, 0) is 37.2 Å². The first-order valence-corrected chi connectivity index (χ1v) is 6.45. The molecule has 0 fully saturated rings. The molecule has 0 bridgehead atoms. The molecule has 1 aromatic rings. The standard InChI is InChI=1S/C12H17BrN2O/c13-11-6-9-2-5-16-12(9)10(7-11)8-15-4-1-3-14/h6-7,15H,1-5,8,14H2. The second kappa shape index (κ2) is 5.66. The van der Waals surface area contributed by atoms with E-state index in [1.807, 2.05) is 0 Å². The number of rotatable bonds is 5. The lowest BCUT2D eigenvalue weighted by molar-refractivity contribution is 0.352. The third-order valence-electron chi connectivity index (χ3n) is 2.70. The fourth-order valence-electron chi connectivity index (χ4n) is 1.93. The highest BCUT2D eigenvalue weighted by Gasteiger charge is 2.16. The number of ether oxygens (including phenoxy) is 1. The predicted octanol–water partition coefficient (Wildman–Crippen LogP) is 1.82. The Balaban J connectivity index is 2.03. The van der Waals surface area contributed by atoms with Gasteiger partial charge >= 0.3 is 0 Å². The van der Waals surface area contributed by atoms with Gasteiger partial charge < -0.3 is 15.8 Å². The van der Waals surface area contributed by atoms with Crippen LogP contribution in [0.1, 0.15) is 17.5 Å². The van der Waals surface area contributed by atoms with Crippen LogP contribution < -0.4 is 15.8 Å². The molecule has 1 heterocycles. The molecule has 0 saturated carbocycles. The van der Waals surface area contributed by atoms with E-state index in [9.17, 15) is 0 Å². The van der Waals surface area contributed by atoms with Crippen LogP contribution in [-0.4, -0.2) is 19.7 Å². The van der Waals surface area contributed by atoms with Crippen molar-refractivity contribution in [1.29, 1.82) is 0 Å². The maximum Gasteiger partial charge on any atom is 0.127 e. The summed E-state index contributed by atoms with van der Waals surface area (Å²) in [4.78, 5) is 0. The summed E-state index contributed by atoms with van der Waals surface area (Å²) < 4.78 is 6.79. The van der Waals surface area contributed by atoms with Gasteiger partial charge in [0.15, 0.2) is 0 Å². The molecular formula is C12H17BrN2O. The number of benzene rings is 1. The largest absolute Gasteiger partial charge is 0.493 e. The number of hydrogen-bond acceptors (Lipinski definition) is 3. The van der Waals surface area contributed by atoms with Crippen LogP contribution in [0.4, 0.5) is 0 Å². The van der Waals surface area contributed by atoms with Gasteiger partial charge in [-0.1, -0.05) is 15.9 Å². The number of nitrogens with two attached hydrogens (primary N) is 1. The van der Waals surface area contributed by atoms with E-state index in [4.69, 9.17) is 10.5 Å². The molecule has 0 aromatic heterocycles. The summed E-state index contributed by atoms with van der Waals surface area (Å²) in [6.07, 6.45) is 2.03. The van der Waals surface area contributed by atoms with Gasteiger partial charge in [0.1, 0.15) is 5.75 Å². The van der Waals surface area contributed by atoms with Crippen LogP contribution in [0, 0.1) is 0 Å². The van der Waals surface area contributed by atoms with Gasteiger partial charge in [0, 0.05) is 23.0 Å². The summed E-state index contributed by atoms with van der Waals surface area (Å²) in [6.45, 7) is 3.35. The summed E-state index contributed by atoms with van der Waals surface area (Å²) in [7, 11) is 0. The fraction of sp³-hybridized carbons (Fsp3) is 0.500. The van der Waals surface area contributed by atoms with E-state index >= 15 is 0 Å². The van der Waals surface area contributed by atoms with Gasteiger partial charge in [-0.3, -0.25) is 0 Å². The average molecular weight is 285 g/mol. The number of fused-ring (bicyclic) bond motifs is 1. The SMILES string of the molecule is NCCCNCc1cc(Br)cc2c1OCC2. The highest BCUT2D eigenvalue weighted by molar-refractivity contribution is 9.10. The Kier molecular flexibility index (Phi) is 4.21. The zero-order valence-electron chi connectivity index (χ0n) is 9.26. The lowest BCUT2D eigenvalue weighted by Crippen LogP contribution is -2.18. The first-order valence-electron chi connectivity index (χ1n) is 5.66. The fourth-order valence-corrected chi connectivity index (χ4v) is 2.48. The molecule has 3 nitrogen and oxygen atoms in total. The molecule has 0 amide bonds. The summed E-state index contributed by atoms with van der Waals surface area (Å²) in [6, 6.07) is 4.27. The van der Waals surface area contributed by atoms with Crippen molar-refractivity contribution in [3.63, 3.8) is 0 Å². The van der Waals surface area contributed by atoms with Crippen LogP contribution in [-0.2, 0) is 13.0 Å². The summed E-state index contributed by atoms with van der Waals surface area (Å²) in [5.41, 5.74) is 8.00. The number of halogens is 1. The van der Waals surface area contributed by atoms with Crippen molar-refractivity contribution in [2.75, 3.05) is 19.7 Å². The van der Waals surface area contributed by atoms with Crippen molar-refractivity contribution in [2.45, 2.75) is 19.4 Å². The maximum atomic E-state index is 5.66. The summed E-state index contributed by atoms with van der Waals surface area (Å²) in [5, 5.41) is 3.38. The lowest BCUT2D eigenvalue weighted by atomic mass is 10.1. The molecule has 0 saturated heterocycles. The van der Waals surface area contributed by atoms with Crippen LogP contribution >= 0.6 is 15.9 Å². The van der Waals surface area contributed by atoms with Gasteiger partial charge in [-0.25, -0.2) is 0 Å². The molecule has 88 valence electrons. The highest BCUT2D eigenvalue weighted by Crippen LogP contribution is 2.32. The molecule has 0 aliphatic carbocycles. The van der Waals surface area contributed by atoms with E-state index < -0.39 is 0 Å². The summed E-state index contributed by atoms with van der Waals surface area (Å²) in [5.74, 6) is 1.07. The Bertz CT molecular complexity index is 368. The second-order valence-electron chi connectivity index (χ2n) is 3.97. The Morgan fingerprint density at radius 3 is 3.12 bits per heavy atom. The van der Waals surface area contributed by atoms with Crippen molar-refractivity contribution < 1.29 is 4.74 Å². The van der Waals surface area contributed by atoms with Crippen LogP contribution in [0.25, 0.3) is 0 Å². The molecular weight excluding hydrogens is 268 g/mol. The first-order chi connectivity index (χ1) is 7.81. The molecule has 0 radical (unpaired) electrons. The lowest BCUT2D eigenvalue weighted by Gasteiger charge is -2.10. The molecule has 16 heavy (non-hydrogen) atoms. The zero-order chi connectivity index (χ0) is 11.4. The van der Waals surface area contributed by atoms with Crippen molar-refractivity contribution in [1.82, 2.24) is 5.32 Å². The molecule has 1 aliphatic rings. The first kappa shape index (κ1) is 11.9. The molecule has 2 rings (SSSR count). The van der Waals surface area contributed by atoms with Gasteiger partial charge in [-0.15, -0.1) is 0 Å². The van der Waals surface area contributed by atoms with Gasteiger partial charge in [-0.2, -0.15) is 0 Å². The van der Waals surface area contributed by atoms with E-state index in [-0.39, 0.29) is 0 Å². The van der Waals surface area contributed by atoms with Gasteiger partial charge in [0.05, 0.1) is 6.61 Å².